The van der Waals surface area contributed by atoms with Gasteiger partial charge in [0.1, 0.15) is 12.1 Å². The average molecular weight is 665 g/mol. The van der Waals surface area contributed by atoms with Crippen molar-refractivity contribution in [1.82, 2.24) is 25.4 Å². The first kappa shape index (κ1) is 33.9. The normalized spacial score (nSPS) is 15.1. The fourth-order valence-electron chi connectivity index (χ4n) is 5.42. The lowest BCUT2D eigenvalue weighted by Gasteiger charge is -2.32. The second-order valence-electron chi connectivity index (χ2n) is 12.8. The smallest absolute Gasteiger partial charge is 0.406 e. The van der Waals surface area contributed by atoms with Crippen LogP contribution in [0.15, 0.2) is 84.2 Å². The van der Waals surface area contributed by atoms with Gasteiger partial charge in [-0.15, -0.1) is 18.3 Å². The maximum atomic E-state index is 13.1. The van der Waals surface area contributed by atoms with Crippen LogP contribution in [0.25, 0.3) is 17.1 Å². The second kappa shape index (κ2) is 13.7. The summed E-state index contributed by atoms with van der Waals surface area (Å²) in [6, 6.07) is 19.6. The monoisotopic (exact) mass is 664 g/mol. The predicted octanol–water partition coefficient (Wildman–Crippen LogP) is 8.53. The number of aromatic nitrogens is 3. The number of carbonyl (C=O) groups excluding carboxylic acids is 1. The summed E-state index contributed by atoms with van der Waals surface area (Å²) in [7, 11) is 0. The van der Waals surface area contributed by atoms with E-state index in [0.29, 0.717) is 24.0 Å². The predicted molar refractivity (Wildman–Crippen MR) is 180 cm³/mol. The molecule has 1 unspecified atom stereocenters. The van der Waals surface area contributed by atoms with E-state index in [4.69, 9.17) is 0 Å². The number of carbonyl (C=O) groups is 1. The number of ether oxygens (including phenoxy) is 1. The molecule has 0 saturated heterocycles. The Morgan fingerprint density at radius 1 is 1.02 bits per heavy atom. The highest BCUT2D eigenvalue weighted by atomic mass is 32.2. The molecular formula is C35H39F3N6O2S. The number of hydrogen-bond acceptors (Lipinski definition) is 6. The molecule has 0 fully saturated rings. The number of nitrogens with zero attached hydrogens (tertiary/aromatic N) is 4. The Bertz CT molecular complexity index is 1730. The van der Waals surface area contributed by atoms with Gasteiger partial charge in [-0.3, -0.25) is 0 Å². The molecule has 0 radical (unpaired) electrons. The molecule has 3 aromatic carbocycles. The van der Waals surface area contributed by atoms with Crippen LogP contribution in [-0.2, 0) is 6.42 Å². The van der Waals surface area contributed by atoms with E-state index in [9.17, 15) is 18.0 Å². The summed E-state index contributed by atoms with van der Waals surface area (Å²) < 4.78 is 42.8. The number of halogens is 3. The van der Waals surface area contributed by atoms with Crippen LogP contribution in [0.2, 0.25) is 0 Å². The molecule has 8 nitrogen and oxygen atoms in total. The number of urea groups is 1. The summed E-state index contributed by atoms with van der Waals surface area (Å²) in [6.07, 6.45) is -2.51. The highest BCUT2D eigenvalue weighted by Crippen LogP contribution is 2.39. The molecule has 0 aliphatic carbocycles. The van der Waals surface area contributed by atoms with E-state index in [-0.39, 0.29) is 22.7 Å². The Morgan fingerprint density at radius 2 is 1.72 bits per heavy atom. The third-order valence-corrected chi connectivity index (χ3v) is 8.82. The van der Waals surface area contributed by atoms with E-state index in [1.165, 1.54) is 46.4 Å². The number of thioether (sulfide) groups is 1. The first-order valence-electron chi connectivity index (χ1n) is 15.3. The number of amides is 2. The third-order valence-electron chi connectivity index (χ3n) is 7.75. The summed E-state index contributed by atoms with van der Waals surface area (Å²) in [5.74, 6) is 0.527. The van der Waals surface area contributed by atoms with Crippen LogP contribution >= 0.6 is 11.8 Å². The first-order chi connectivity index (χ1) is 22.2. The topological polar surface area (TPSA) is 84.3 Å². The fraction of sp³-hybridized carbons (Fsp3) is 0.343. The zero-order valence-electron chi connectivity index (χ0n) is 27.2. The van der Waals surface area contributed by atoms with Gasteiger partial charge in [0.15, 0.2) is 11.3 Å². The number of anilines is 1. The molecular weight excluding hydrogens is 625 g/mol. The molecule has 5 rings (SSSR count). The first-order valence-corrected chi connectivity index (χ1v) is 16.3. The van der Waals surface area contributed by atoms with Gasteiger partial charge in [-0.1, -0.05) is 75.9 Å². The number of alkyl halides is 3. The molecule has 1 aliphatic rings. The molecule has 248 valence electrons. The van der Waals surface area contributed by atoms with Gasteiger partial charge in [0, 0.05) is 23.5 Å². The lowest BCUT2D eigenvalue weighted by Crippen LogP contribution is -2.49. The van der Waals surface area contributed by atoms with Gasteiger partial charge in [-0.25, -0.2) is 14.5 Å². The summed E-state index contributed by atoms with van der Waals surface area (Å²) >= 11 is 1.58. The van der Waals surface area contributed by atoms with Crippen molar-refractivity contribution >= 4 is 23.5 Å². The van der Waals surface area contributed by atoms with Gasteiger partial charge in [0.2, 0.25) is 0 Å². The van der Waals surface area contributed by atoms with E-state index in [1.807, 2.05) is 24.3 Å². The molecule has 12 heteroatoms. The second-order valence-corrected chi connectivity index (χ2v) is 13.7. The van der Waals surface area contributed by atoms with Crippen LogP contribution in [-0.4, -0.2) is 39.2 Å². The van der Waals surface area contributed by atoms with Crippen LogP contribution in [0.5, 0.6) is 5.75 Å². The van der Waals surface area contributed by atoms with Crippen molar-refractivity contribution in [3.8, 4) is 22.8 Å². The van der Waals surface area contributed by atoms with Crippen molar-refractivity contribution in [2.24, 2.45) is 5.41 Å². The van der Waals surface area contributed by atoms with Crippen molar-refractivity contribution in [1.29, 1.82) is 0 Å². The lowest BCUT2D eigenvalue weighted by molar-refractivity contribution is -0.274. The quantitative estimate of drug-likeness (QED) is 0.177. The van der Waals surface area contributed by atoms with Crippen molar-refractivity contribution in [2.75, 3.05) is 11.4 Å². The van der Waals surface area contributed by atoms with Crippen LogP contribution in [0.4, 0.5) is 23.7 Å². The van der Waals surface area contributed by atoms with Crippen molar-refractivity contribution < 1.29 is 22.7 Å². The Kier molecular flexibility index (Phi) is 9.90. The van der Waals surface area contributed by atoms with Crippen LogP contribution in [0.1, 0.15) is 57.2 Å². The Labute approximate surface area is 277 Å². The zero-order valence-corrected chi connectivity index (χ0v) is 28.0. The molecule has 4 aromatic rings. The Hall–Kier alpha value is -4.45. The highest BCUT2D eigenvalue weighted by Gasteiger charge is 2.31. The minimum Gasteiger partial charge on any atom is -0.406 e. The van der Waals surface area contributed by atoms with Crippen molar-refractivity contribution in [2.45, 2.75) is 65.7 Å². The van der Waals surface area contributed by atoms with Crippen LogP contribution < -0.4 is 20.3 Å². The number of hydrogen-bond donors (Lipinski definition) is 2. The zero-order chi connectivity index (χ0) is 33.9. The number of aryl methyl sites for hydroxylation is 1. The Balaban J connectivity index is 1.16. The van der Waals surface area contributed by atoms with E-state index in [2.05, 4.69) is 95.5 Å². The number of nitrogens with one attached hydrogen (secondary N) is 2. The SMILES string of the molecule is CC1=CSC(NC(=O)NCC(C)(C)Cc2ccc(-c3ncn(-c4ccc(OC(F)(F)F)cc4)n3)cc2)N1c1cc(C)ccc1C(C)C. The highest BCUT2D eigenvalue weighted by molar-refractivity contribution is 8.03. The number of benzene rings is 3. The van der Waals surface area contributed by atoms with Crippen molar-refractivity contribution in [3.05, 3.63) is 101 Å². The van der Waals surface area contributed by atoms with E-state index in [1.54, 1.807) is 11.8 Å². The molecule has 0 spiro atoms. The molecule has 0 saturated carbocycles. The van der Waals surface area contributed by atoms with Gasteiger partial charge >= 0.3 is 12.4 Å². The third kappa shape index (κ3) is 8.68. The number of allylic oxidation sites excluding steroid dienone is 1. The van der Waals surface area contributed by atoms with Crippen LogP contribution in [0.3, 0.4) is 0 Å². The summed E-state index contributed by atoms with van der Waals surface area (Å²) in [5.41, 5.74) is 6.59. The van der Waals surface area contributed by atoms with Gasteiger partial charge in [-0.2, -0.15) is 0 Å². The maximum Gasteiger partial charge on any atom is 0.573 e. The minimum atomic E-state index is -4.75. The molecule has 1 atom stereocenters. The molecule has 1 aliphatic heterocycles. The lowest BCUT2D eigenvalue weighted by atomic mass is 9.85. The van der Waals surface area contributed by atoms with Gasteiger partial charge < -0.3 is 20.3 Å². The van der Waals surface area contributed by atoms with Gasteiger partial charge in [-0.05, 0) is 84.0 Å². The molecule has 2 heterocycles. The standard InChI is InChI=1S/C35H39F3N6O2S/c1-22(2)29-16-7-23(3)17-30(29)44-24(4)19-47-33(44)41-32(45)39-20-34(5,6)18-25-8-10-26(11-9-25)31-40-21-43(42-31)27-12-14-28(15-13-27)46-35(36,37)38/h7-17,19,21-22,33H,18,20H2,1-6H3,(H2,39,41,45). The molecule has 47 heavy (non-hydrogen) atoms. The van der Waals surface area contributed by atoms with E-state index >= 15 is 0 Å². The minimum absolute atomic E-state index is 0.220. The Morgan fingerprint density at radius 3 is 2.38 bits per heavy atom. The molecule has 2 N–H and O–H groups in total. The molecule has 2 amide bonds. The molecule has 0 bridgehead atoms. The van der Waals surface area contributed by atoms with Gasteiger partial charge in [0.25, 0.3) is 0 Å². The summed E-state index contributed by atoms with van der Waals surface area (Å²) in [4.78, 5) is 19.7. The fourth-order valence-corrected chi connectivity index (χ4v) is 6.44. The van der Waals surface area contributed by atoms with E-state index < -0.39 is 6.36 Å². The number of rotatable bonds is 10. The van der Waals surface area contributed by atoms with Gasteiger partial charge in [0.05, 0.1) is 5.69 Å². The maximum absolute atomic E-state index is 13.1. The summed E-state index contributed by atoms with van der Waals surface area (Å²) in [5, 5.41) is 12.8. The molecule has 1 aromatic heterocycles. The average Bonchev–Trinajstić information content (AvgIpc) is 3.63. The van der Waals surface area contributed by atoms with E-state index in [0.717, 1.165) is 28.9 Å². The van der Waals surface area contributed by atoms with Crippen molar-refractivity contribution in [3.63, 3.8) is 0 Å². The largest absolute Gasteiger partial charge is 0.573 e. The summed E-state index contributed by atoms with van der Waals surface area (Å²) in [6.45, 7) is 13.2. The van der Waals surface area contributed by atoms with Crippen LogP contribution in [0, 0.1) is 12.3 Å².